The lowest BCUT2D eigenvalue weighted by molar-refractivity contribution is -0.126. The van der Waals surface area contributed by atoms with Gasteiger partial charge in [0, 0.05) is 43.2 Å². The maximum atomic E-state index is 13.8. The number of nitrogens with one attached hydrogen (secondary N) is 1. The molecule has 0 aliphatic carbocycles. The van der Waals surface area contributed by atoms with Gasteiger partial charge in [0.2, 0.25) is 15.9 Å². The first-order chi connectivity index (χ1) is 16.2. The van der Waals surface area contributed by atoms with Crippen LogP contribution in [-0.2, 0) is 34.3 Å². The molecule has 4 rings (SSSR count). The van der Waals surface area contributed by atoms with Crippen LogP contribution in [0.3, 0.4) is 0 Å². The normalized spacial score (nSPS) is 13.8. The molecule has 3 aromatic rings. The van der Waals surface area contributed by atoms with Crippen molar-refractivity contribution in [2.75, 3.05) is 6.54 Å². The van der Waals surface area contributed by atoms with E-state index in [0.29, 0.717) is 13.0 Å². The van der Waals surface area contributed by atoms with Crippen molar-refractivity contribution in [1.82, 2.24) is 14.6 Å². The molecule has 1 aromatic heterocycles. The molecule has 0 fully saturated rings. The molecule has 34 heavy (non-hydrogen) atoms. The summed E-state index contributed by atoms with van der Waals surface area (Å²) in [5, 5.41) is 0. The zero-order chi connectivity index (χ0) is 24.3. The third-order valence-corrected chi connectivity index (χ3v) is 7.18. The Morgan fingerprint density at radius 3 is 2.71 bits per heavy atom. The summed E-state index contributed by atoms with van der Waals surface area (Å²) in [7, 11) is -3.68. The second-order valence-electron chi connectivity index (χ2n) is 7.97. The van der Waals surface area contributed by atoms with Crippen molar-refractivity contribution in [3.63, 3.8) is 0 Å². The SMILES string of the molecule is Cc1ncc2c(c1CNS(=O)(=O)c1ccccc1)CCN(C(=O)/C=C/c1cc(F)ccc1F)C2. The van der Waals surface area contributed by atoms with E-state index >= 15 is 0 Å². The number of nitrogens with zero attached hydrogens (tertiary/aromatic N) is 2. The summed E-state index contributed by atoms with van der Waals surface area (Å²) in [6.45, 7) is 2.60. The van der Waals surface area contributed by atoms with Gasteiger partial charge in [-0.25, -0.2) is 21.9 Å². The highest BCUT2D eigenvalue weighted by Gasteiger charge is 2.24. The third kappa shape index (κ3) is 5.21. The van der Waals surface area contributed by atoms with Gasteiger partial charge in [0.05, 0.1) is 4.90 Å². The van der Waals surface area contributed by atoms with E-state index in [1.165, 1.54) is 24.3 Å². The minimum absolute atomic E-state index is 0.00367. The number of pyridine rings is 1. The van der Waals surface area contributed by atoms with E-state index in [-0.39, 0.29) is 29.5 Å². The van der Waals surface area contributed by atoms with Crippen molar-refractivity contribution in [3.8, 4) is 0 Å². The molecule has 2 aromatic carbocycles. The number of rotatable bonds is 6. The number of sulfonamides is 1. The van der Waals surface area contributed by atoms with E-state index in [1.807, 2.05) is 6.92 Å². The van der Waals surface area contributed by atoms with Crippen LogP contribution < -0.4 is 4.72 Å². The van der Waals surface area contributed by atoms with E-state index in [9.17, 15) is 22.0 Å². The molecule has 0 saturated carbocycles. The summed E-state index contributed by atoms with van der Waals surface area (Å²) in [6.07, 6.45) is 4.69. The highest BCUT2D eigenvalue weighted by Crippen LogP contribution is 2.25. The van der Waals surface area contributed by atoms with Crippen LogP contribution in [0.5, 0.6) is 0 Å². The number of benzene rings is 2. The van der Waals surface area contributed by atoms with Crippen molar-refractivity contribution < 1.29 is 22.0 Å². The number of hydrogen-bond donors (Lipinski definition) is 1. The smallest absolute Gasteiger partial charge is 0.246 e. The number of carbonyl (C=O) groups is 1. The third-order valence-electron chi connectivity index (χ3n) is 5.76. The minimum Gasteiger partial charge on any atom is -0.334 e. The molecule has 1 aliphatic rings. The number of fused-ring (bicyclic) bond motifs is 1. The van der Waals surface area contributed by atoms with Gasteiger partial charge in [0.1, 0.15) is 11.6 Å². The lowest BCUT2D eigenvalue weighted by Gasteiger charge is -2.30. The number of aromatic nitrogens is 1. The van der Waals surface area contributed by atoms with Gasteiger partial charge in [-0.3, -0.25) is 9.78 Å². The van der Waals surface area contributed by atoms with Crippen molar-refractivity contribution in [1.29, 1.82) is 0 Å². The topological polar surface area (TPSA) is 79.4 Å². The van der Waals surface area contributed by atoms with Crippen LogP contribution in [0.2, 0.25) is 0 Å². The van der Waals surface area contributed by atoms with Gasteiger partial charge < -0.3 is 4.90 Å². The van der Waals surface area contributed by atoms with E-state index < -0.39 is 21.7 Å². The summed E-state index contributed by atoms with van der Waals surface area (Å²) < 4.78 is 55.0. The zero-order valence-corrected chi connectivity index (χ0v) is 19.3. The highest BCUT2D eigenvalue weighted by atomic mass is 32.2. The van der Waals surface area contributed by atoms with Gasteiger partial charge in [-0.15, -0.1) is 0 Å². The summed E-state index contributed by atoms with van der Waals surface area (Å²) in [5.74, 6) is -1.53. The fourth-order valence-electron chi connectivity index (χ4n) is 3.90. The molecule has 0 unspecified atom stereocenters. The second-order valence-corrected chi connectivity index (χ2v) is 9.74. The van der Waals surface area contributed by atoms with Crippen molar-refractivity contribution >= 4 is 22.0 Å². The fraction of sp³-hybridized carbons (Fsp3) is 0.200. The first-order valence-electron chi connectivity index (χ1n) is 10.7. The Bertz CT molecular complexity index is 1360. The molecule has 2 heterocycles. The molecule has 0 saturated heterocycles. The maximum Gasteiger partial charge on any atom is 0.246 e. The average Bonchev–Trinajstić information content (AvgIpc) is 2.84. The van der Waals surface area contributed by atoms with Gasteiger partial charge in [-0.1, -0.05) is 18.2 Å². The molecule has 176 valence electrons. The first kappa shape index (κ1) is 23.7. The van der Waals surface area contributed by atoms with Gasteiger partial charge in [0.25, 0.3) is 0 Å². The fourth-order valence-corrected chi connectivity index (χ4v) is 4.92. The highest BCUT2D eigenvalue weighted by molar-refractivity contribution is 7.89. The Labute approximate surface area is 197 Å². The maximum absolute atomic E-state index is 13.8. The molecule has 0 atom stereocenters. The van der Waals surface area contributed by atoms with Crippen LogP contribution in [0.1, 0.15) is 27.9 Å². The van der Waals surface area contributed by atoms with E-state index in [0.717, 1.165) is 40.6 Å². The van der Waals surface area contributed by atoms with E-state index in [4.69, 9.17) is 0 Å². The van der Waals surface area contributed by atoms with Gasteiger partial charge in [-0.05, 0) is 66.4 Å². The lowest BCUT2D eigenvalue weighted by Crippen LogP contribution is -2.36. The second kappa shape index (κ2) is 9.82. The zero-order valence-electron chi connectivity index (χ0n) is 18.5. The van der Waals surface area contributed by atoms with Crippen LogP contribution >= 0.6 is 0 Å². The van der Waals surface area contributed by atoms with Crippen molar-refractivity contribution in [3.05, 3.63) is 100 Å². The lowest BCUT2D eigenvalue weighted by atomic mass is 9.95. The number of aryl methyl sites for hydroxylation is 1. The van der Waals surface area contributed by atoms with E-state index in [2.05, 4.69) is 9.71 Å². The van der Waals surface area contributed by atoms with Crippen LogP contribution in [0, 0.1) is 18.6 Å². The molecule has 0 spiro atoms. The molecule has 1 aliphatic heterocycles. The van der Waals surface area contributed by atoms with E-state index in [1.54, 1.807) is 29.3 Å². The Balaban J connectivity index is 1.49. The van der Waals surface area contributed by atoms with Crippen LogP contribution in [-0.4, -0.2) is 30.8 Å². The largest absolute Gasteiger partial charge is 0.334 e. The van der Waals surface area contributed by atoms with Gasteiger partial charge in [0.15, 0.2) is 0 Å². The molecule has 0 radical (unpaired) electrons. The monoisotopic (exact) mass is 483 g/mol. The molecular weight excluding hydrogens is 460 g/mol. The number of carbonyl (C=O) groups excluding carboxylic acids is 1. The Morgan fingerprint density at radius 2 is 1.94 bits per heavy atom. The molecular formula is C25H23F2N3O3S. The average molecular weight is 484 g/mol. The Morgan fingerprint density at radius 1 is 1.18 bits per heavy atom. The Kier molecular flexibility index (Phi) is 6.85. The van der Waals surface area contributed by atoms with Crippen LogP contribution in [0.15, 0.2) is 65.7 Å². The summed E-state index contributed by atoms with van der Waals surface area (Å²) in [6, 6.07) is 11.2. The van der Waals surface area contributed by atoms with Crippen LogP contribution in [0.25, 0.3) is 6.08 Å². The Hall–Kier alpha value is -3.43. The molecule has 1 amide bonds. The number of halogens is 2. The number of hydrogen-bond acceptors (Lipinski definition) is 4. The standard InChI is InChI=1S/C25H23F2N3O3S/c1-17-23(15-29-34(32,33)21-5-3-2-4-6-21)22-11-12-30(16-19(22)14-28-17)25(31)10-7-18-13-20(26)8-9-24(18)27/h2-10,13-14,29H,11-12,15-16H2,1H3/b10-7+. The molecule has 0 bridgehead atoms. The quantitative estimate of drug-likeness (QED) is 0.542. The predicted octanol–water partition coefficient (Wildman–Crippen LogP) is 3.74. The van der Waals surface area contributed by atoms with Crippen molar-refractivity contribution in [2.45, 2.75) is 31.3 Å². The van der Waals surface area contributed by atoms with Gasteiger partial charge in [-0.2, -0.15) is 0 Å². The molecule has 9 heteroatoms. The molecule has 6 nitrogen and oxygen atoms in total. The van der Waals surface area contributed by atoms with Gasteiger partial charge >= 0.3 is 0 Å². The minimum atomic E-state index is -3.68. The summed E-state index contributed by atoms with van der Waals surface area (Å²) >= 11 is 0. The number of amides is 1. The van der Waals surface area contributed by atoms with Crippen molar-refractivity contribution in [2.24, 2.45) is 0 Å². The molecule has 1 N–H and O–H groups in total. The first-order valence-corrected chi connectivity index (χ1v) is 12.2. The summed E-state index contributed by atoms with van der Waals surface area (Å²) in [4.78, 5) is 18.8. The summed E-state index contributed by atoms with van der Waals surface area (Å²) in [5.41, 5.74) is 3.30. The predicted molar refractivity (Wildman–Crippen MR) is 124 cm³/mol. The van der Waals surface area contributed by atoms with Crippen LogP contribution in [0.4, 0.5) is 8.78 Å².